The first-order valence-corrected chi connectivity index (χ1v) is 8.06. The number of nitrogens with two attached hydrogens (primary N) is 1. The van der Waals surface area contributed by atoms with Crippen molar-refractivity contribution in [3.05, 3.63) is 29.3 Å². The Morgan fingerprint density at radius 2 is 2.16 bits per heavy atom. The minimum Gasteiger partial charge on any atom is -0.393 e. The lowest BCUT2D eigenvalue weighted by atomic mass is 10.2. The maximum Gasteiger partial charge on any atom is 0.243 e. The highest BCUT2D eigenvalue weighted by molar-refractivity contribution is 7.89. The minimum atomic E-state index is -3.57. The highest BCUT2D eigenvalue weighted by atomic mass is 35.5. The van der Waals surface area contributed by atoms with Crippen LogP contribution in [0.5, 0.6) is 0 Å². The molecule has 1 unspecified atom stereocenters. The fraction of sp³-hybridized carbons (Fsp3) is 0.417. The van der Waals surface area contributed by atoms with Crippen molar-refractivity contribution in [2.24, 2.45) is 11.7 Å². The van der Waals surface area contributed by atoms with Gasteiger partial charge in [0.2, 0.25) is 10.0 Å². The van der Waals surface area contributed by atoms with Crippen molar-refractivity contribution in [1.29, 1.82) is 0 Å². The van der Waals surface area contributed by atoms with Gasteiger partial charge in [0.15, 0.2) is 0 Å². The predicted molar refractivity (Wildman–Crippen MR) is 81.8 cm³/mol. The van der Waals surface area contributed by atoms with Gasteiger partial charge in [-0.15, -0.1) is 0 Å². The second-order valence-corrected chi connectivity index (χ2v) is 7.06. The molecule has 1 atom stereocenters. The molecule has 0 aliphatic carbocycles. The fourth-order valence-corrected chi connectivity index (χ4v) is 3.48. The zero-order valence-corrected chi connectivity index (χ0v) is 13.2. The first kappa shape index (κ1) is 16.4. The van der Waals surface area contributed by atoms with Crippen LogP contribution < -0.4 is 5.73 Å². The van der Waals surface area contributed by atoms with Crippen molar-refractivity contribution in [1.82, 2.24) is 4.31 Å². The van der Waals surface area contributed by atoms with Gasteiger partial charge >= 0.3 is 0 Å². The monoisotopic (exact) mass is 320 g/mol. The molecule has 0 bridgehead atoms. The summed E-state index contributed by atoms with van der Waals surface area (Å²) in [5.74, 6) is -0.177. The zero-order chi connectivity index (χ0) is 14.6. The van der Waals surface area contributed by atoms with E-state index in [9.17, 15) is 8.42 Å². The van der Waals surface area contributed by atoms with E-state index >= 15 is 0 Å². The van der Waals surface area contributed by atoms with Crippen molar-refractivity contribution in [2.75, 3.05) is 13.1 Å². The van der Waals surface area contributed by atoms with E-state index in [0.29, 0.717) is 16.6 Å². The molecular formula is C12H17ClN2O2S2. The van der Waals surface area contributed by atoms with Gasteiger partial charge in [0.05, 0.1) is 9.88 Å². The molecule has 1 rings (SSSR count). The molecule has 0 saturated heterocycles. The summed E-state index contributed by atoms with van der Waals surface area (Å²) in [6.07, 6.45) is 0. The average Bonchev–Trinajstić information content (AvgIpc) is 2.35. The Kier molecular flexibility index (Phi) is 5.73. The van der Waals surface area contributed by atoms with Crippen LogP contribution in [0.15, 0.2) is 29.2 Å². The zero-order valence-electron chi connectivity index (χ0n) is 10.8. The summed E-state index contributed by atoms with van der Waals surface area (Å²) in [5.41, 5.74) is 5.53. The van der Waals surface area contributed by atoms with Crippen LogP contribution in [0, 0.1) is 5.92 Å². The van der Waals surface area contributed by atoms with Crippen LogP contribution in [0.2, 0.25) is 5.02 Å². The van der Waals surface area contributed by atoms with E-state index in [2.05, 4.69) is 0 Å². The van der Waals surface area contributed by atoms with Gasteiger partial charge in [-0.05, 0) is 18.2 Å². The van der Waals surface area contributed by atoms with Crippen LogP contribution in [0.1, 0.15) is 13.8 Å². The van der Waals surface area contributed by atoms with Gasteiger partial charge in [0.25, 0.3) is 0 Å². The van der Waals surface area contributed by atoms with Crippen molar-refractivity contribution >= 4 is 38.8 Å². The van der Waals surface area contributed by atoms with Crippen molar-refractivity contribution < 1.29 is 8.42 Å². The highest BCUT2D eigenvalue weighted by Gasteiger charge is 2.25. The van der Waals surface area contributed by atoms with Gasteiger partial charge in [-0.2, -0.15) is 4.31 Å². The van der Waals surface area contributed by atoms with E-state index in [1.807, 2.05) is 0 Å². The largest absolute Gasteiger partial charge is 0.393 e. The van der Waals surface area contributed by atoms with Crippen LogP contribution in [-0.2, 0) is 10.0 Å². The smallest absolute Gasteiger partial charge is 0.243 e. The van der Waals surface area contributed by atoms with E-state index in [0.717, 1.165) is 0 Å². The number of halogens is 1. The second kappa shape index (κ2) is 6.65. The molecule has 2 N–H and O–H groups in total. The van der Waals surface area contributed by atoms with E-state index < -0.39 is 10.0 Å². The third-order valence-electron chi connectivity index (χ3n) is 2.75. The minimum absolute atomic E-state index is 0.177. The topological polar surface area (TPSA) is 63.4 Å². The number of benzene rings is 1. The molecule has 106 valence electrons. The first-order valence-electron chi connectivity index (χ1n) is 5.84. The third kappa shape index (κ3) is 4.14. The molecule has 1 aromatic carbocycles. The summed E-state index contributed by atoms with van der Waals surface area (Å²) in [7, 11) is -3.57. The number of hydrogen-bond donors (Lipinski definition) is 1. The van der Waals surface area contributed by atoms with Crippen molar-refractivity contribution in [2.45, 2.75) is 18.7 Å². The SMILES string of the molecule is CCN(CC(C)C(N)=S)S(=O)(=O)c1cccc(Cl)c1. The summed E-state index contributed by atoms with van der Waals surface area (Å²) in [6.45, 7) is 4.19. The molecule has 19 heavy (non-hydrogen) atoms. The molecule has 0 aromatic heterocycles. The first-order chi connectivity index (χ1) is 8.78. The maximum absolute atomic E-state index is 12.5. The second-order valence-electron chi connectivity index (χ2n) is 4.22. The van der Waals surface area contributed by atoms with Gasteiger partial charge in [-0.1, -0.05) is 43.7 Å². The molecule has 7 heteroatoms. The summed E-state index contributed by atoms with van der Waals surface area (Å²) in [6, 6.07) is 6.20. The molecule has 0 radical (unpaired) electrons. The summed E-state index contributed by atoms with van der Waals surface area (Å²) < 4.78 is 26.3. The molecule has 0 aliphatic rings. The van der Waals surface area contributed by atoms with Crippen LogP contribution in [-0.4, -0.2) is 30.8 Å². The van der Waals surface area contributed by atoms with Crippen LogP contribution in [0.25, 0.3) is 0 Å². The number of sulfonamides is 1. The number of nitrogens with zero attached hydrogens (tertiary/aromatic N) is 1. The lowest BCUT2D eigenvalue weighted by Gasteiger charge is -2.23. The molecule has 4 nitrogen and oxygen atoms in total. The Labute approximate surface area is 124 Å². The Balaban J connectivity index is 3.06. The molecule has 1 aromatic rings. The molecule has 0 heterocycles. The Morgan fingerprint density at radius 3 is 2.63 bits per heavy atom. The number of rotatable bonds is 6. The number of hydrogen-bond acceptors (Lipinski definition) is 3. The summed E-state index contributed by atoms with van der Waals surface area (Å²) in [4.78, 5) is 0.483. The lowest BCUT2D eigenvalue weighted by molar-refractivity contribution is 0.405. The van der Waals surface area contributed by atoms with Gasteiger partial charge in [-0.3, -0.25) is 0 Å². The molecule has 0 spiro atoms. The maximum atomic E-state index is 12.5. The third-order valence-corrected chi connectivity index (χ3v) is 5.32. The summed E-state index contributed by atoms with van der Waals surface area (Å²) in [5, 5.41) is 0.388. The van der Waals surface area contributed by atoms with Gasteiger partial charge in [0, 0.05) is 24.0 Å². The van der Waals surface area contributed by atoms with E-state index in [-0.39, 0.29) is 17.4 Å². The van der Waals surface area contributed by atoms with E-state index in [1.165, 1.54) is 16.4 Å². The molecule has 0 fully saturated rings. The standard InChI is InChI=1S/C12H17ClN2O2S2/c1-3-15(8-9(2)12(14)18)19(16,17)11-6-4-5-10(13)7-11/h4-7,9H,3,8H2,1-2H3,(H2,14,18). The quantitative estimate of drug-likeness (QED) is 0.817. The Hall–Kier alpha value is -0.690. The van der Waals surface area contributed by atoms with Crippen LogP contribution >= 0.6 is 23.8 Å². The summed E-state index contributed by atoms with van der Waals surface area (Å²) >= 11 is 10.7. The normalized spacial score (nSPS) is 13.5. The molecule has 0 amide bonds. The van der Waals surface area contributed by atoms with Gasteiger partial charge in [0.1, 0.15) is 0 Å². The fourth-order valence-electron chi connectivity index (χ4n) is 1.57. The van der Waals surface area contributed by atoms with Gasteiger partial charge < -0.3 is 5.73 Å². The van der Waals surface area contributed by atoms with Gasteiger partial charge in [-0.25, -0.2) is 8.42 Å². The van der Waals surface area contributed by atoms with E-state index in [1.54, 1.807) is 26.0 Å². The number of thiocarbonyl (C=S) groups is 1. The van der Waals surface area contributed by atoms with Crippen molar-refractivity contribution in [3.8, 4) is 0 Å². The van der Waals surface area contributed by atoms with Crippen LogP contribution in [0.4, 0.5) is 0 Å². The molecular weight excluding hydrogens is 304 g/mol. The van der Waals surface area contributed by atoms with Crippen LogP contribution in [0.3, 0.4) is 0 Å². The van der Waals surface area contributed by atoms with E-state index in [4.69, 9.17) is 29.6 Å². The Bertz CT molecular complexity index is 561. The molecule has 0 saturated carbocycles. The van der Waals surface area contributed by atoms with Crippen molar-refractivity contribution in [3.63, 3.8) is 0 Å². The predicted octanol–water partition coefficient (Wildman–Crippen LogP) is 2.27. The Morgan fingerprint density at radius 1 is 1.53 bits per heavy atom. The lowest BCUT2D eigenvalue weighted by Crippen LogP contribution is -2.38. The molecule has 0 aliphatic heterocycles. The highest BCUT2D eigenvalue weighted by Crippen LogP contribution is 2.20. The average molecular weight is 321 g/mol.